The highest BCUT2D eigenvalue weighted by Crippen LogP contribution is 2.36. The number of hydrogen-bond acceptors (Lipinski definition) is 6. The van der Waals surface area contributed by atoms with Crippen LogP contribution in [-0.4, -0.2) is 36.7 Å². The second kappa shape index (κ2) is 7.67. The number of halogens is 4. The maximum absolute atomic E-state index is 12.6. The Labute approximate surface area is 140 Å². The summed E-state index contributed by atoms with van der Waals surface area (Å²) in [6.45, 7) is 0.220. The van der Waals surface area contributed by atoms with Crippen molar-refractivity contribution in [3.05, 3.63) is 33.9 Å². The normalized spacial score (nSPS) is 20.2. The van der Waals surface area contributed by atoms with Crippen molar-refractivity contribution < 1.29 is 32.4 Å². The minimum Gasteiger partial charge on any atom is -0.482 e. The first kappa shape index (κ1) is 20.0. The molecule has 24 heavy (non-hydrogen) atoms. The zero-order valence-electron chi connectivity index (χ0n) is 12.3. The number of hydrogen-bond donors (Lipinski definition) is 1. The van der Waals surface area contributed by atoms with Gasteiger partial charge < -0.3 is 14.8 Å². The van der Waals surface area contributed by atoms with Crippen molar-refractivity contribution in [2.24, 2.45) is 0 Å². The minimum absolute atomic E-state index is 0. The van der Waals surface area contributed by atoms with Crippen LogP contribution >= 0.6 is 12.4 Å². The number of nitrogens with one attached hydrogen (secondary N) is 1. The Morgan fingerprint density at radius 1 is 1.42 bits per heavy atom. The molecule has 0 spiro atoms. The molecule has 1 heterocycles. The molecule has 2 rings (SSSR count). The van der Waals surface area contributed by atoms with Crippen molar-refractivity contribution in [1.29, 1.82) is 0 Å². The van der Waals surface area contributed by atoms with Crippen LogP contribution in [0.2, 0.25) is 0 Å². The molecule has 2 atom stereocenters. The number of methoxy groups -OCH3 is 1. The quantitative estimate of drug-likeness (QED) is 0.497. The molecule has 0 amide bonds. The molecule has 0 radical (unpaired) electrons. The molecule has 1 aliphatic heterocycles. The van der Waals surface area contributed by atoms with Crippen LogP contribution in [0.3, 0.4) is 0 Å². The van der Waals surface area contributed by atoms with Crippen molar-refractivity contribution in [1.82, 2.24) is 5.32 Å². The molecule has 11 heteroatoms. The molecule has 0 bridgehead atoms. The van der Waals surface area contributed by atoms with E-state index < -0.39 is 40.5 Å². The van der Waals surface area contributed by atoms with Gasteiger partial charge in [-0.15, -0.1) is 12.4 Å². The number of nitro groups is 1. The Bertz CT molecular complexity index is 626. The van der Waals surface area contributed by atoms with Crippen LogP contribution in [-0.2, 0) is 15.7 Å². The van der Waals surface area contributed by atoms with Crippen LogP contribution in [0.25, 0.3) is 0 Å². The van der Waals surface area contributed by atoms with E-state index in [-0.39, 0.29) is 31.1 Å². The van der Waals surface area contributed by atoms with Crippen molar-refractivity contribution in [2.45, 2.75) is 24.7 Å². The molecule has 0 saturated carbocycles. The van der Waals surface area contributed by atoms with Crippen molar-refractivity contribution >= 4 is 24.1 Å². The molecule has 1 aromatic carbocycles. The third-order valence-corrected chi connectivity index (χ3v) is 3.35. The van der Waals surface area contributed by atoms with E-state index in [1.165, 1.54) is 7.11 Å². The van der Waals surface area contributed by atoms with Gasteiger partial charge in [-0.3, -0.25) is 14.9 Å². The van der Waals surface area contributed by atoms with E-state index in [2.05, 4.69) is 10.1 Å². The Hall–Kier alpha value is -2.07. The number of esters is 1. The van der Waals surface area contributed by atoms with E-state index in [0.29, 0.717) is 12.1 Å². The molecule has 1 saturated heterocycles. The fraction of sp³-hybridized carbons (Fsp3) is 0.462. The zero-order valence-corrected chi connectivity index (χ0v) is 13.1. The number of nitrogens with zero attached hydrogens (tertiary/aromatic N) is 1. The smallest absolute Gasteiger partial charge is 0.416 e. The van der Waals surface area contributed by atoms with Crippen LogP contribution in [0.5, 0.6) is 5.75 Å². The molecular formula is C13H14ClF3N2O5. The number of alkyl halides is 3. The van der Waals surface area contributed by atoms with E-state index >= 15 is 0 Å². The number of nitro benzene ring substituents is 1. The van der Waals surface area contributed by atoms with Crippen LogP contribution in [0.1, 0.15) is 12.0 Å². The third kappa shape index (κ3) is 4.48. The van der Waals surface area contributed by atoms with E-state index in [4.69, 9.17) is 4.74 Å². The van der Waals surface area contributed by atoms with E-state index in [1.807, 2.05) is 0 Å². The van der Waals surface area contributed by atoms with Gasteiger partial charge in [0.05, 0.1) is 17.6 Å². The van der Waals surface area contributed by atoms with Crippen LogP contribution in [0, 0.1) is 10.1 Å². The van der Waals surface area contributed by atoms with Gasteiger partial charge >= 0.3 is 17.8 Å². The zero-order chi connectivity index (χ0) is 17.2. The van der Waals surface area contributed by atoms with E-state index in [1.54, 1.807) is 0 Å². The van der Waals surface area contributed by atoms with Gasteiger partial charge in [0.2, 0.25) is 0 Å². The summed E-state index contributed by atoms with van der Waals surface area (Å²) in [4.78, 5) is 21.4. The molecule has 1 aliphatic rings. The SMILES string of the molecule is COC(=O)[C@@H]1C[C@H](Oc2ccc(C(F)(F)F)cc2[N+](=O)[O-])CN1.Cl. The maximum atomic E-state index is 12.6. The molecular weight excluding hydrogens is 357 g/mol. The lowest BCUT2D eigenvalue weighted by atomic mass is 10.1. The van der Waals surface area contributed by atoms with Crippen molar-refractivity contribution in [3.8, 4) is 5.75 Å². The summed E-state index contributed by atoms with van der Waals surface area (Å²) in [5.74, 6) is -0.779. The maximum Gasteiger partial charge on any atom is 0.416 e. The first-order chi connectivity index (χ1) is 10.7. The molecule has 0 aliphatic carbocycles. The fourth-order valence-corrected chi connectivity index (χ4v) is 2.23. The summed E-state index contributed by atoms with van der Waals surface area (Å²) in [6, 6.07) is 1.43. The van der Waals surface area contributed by atoms with Gasteiger partial charge in [-0.1, -0.05) is 0 Å². The average Bonchev–Trinajstić information content (AvgIpc) is 2.94. The Kier molecular flexibility index (Phi) is 6.38. The Morgan fingerprint density at radius 3 is 2.62 bits per heavy atom. The summed E-state index contributed by atoms with van der Waals surface area (Å²) >= 11 is 0. The Morgan fingerprint density at radius 2 is 2.08 bits per heavy atom. The van der Waals surface area contributed by atoms with Gasteiger partial charge in [0, 0.05) is 19.0 Å². The molecule has 1 aromatic rings. The summed E-state index contributed by atoms with van der Waals surface area (Å²) in [6.07, 6.45) is -5.08. The van der Waals surface area contributed by atoms with Gasteiger partial charge in [-0.25, -0.2) is 0 Å². The Balaban J connectivity index is 0.00000288. The molecule has 1 N–H and O–H groups in total. The number of rotatable bonds is 4. The topological polar surface area (TPSA) is 90.7 Å². The number of benzene rings is 1. The van der Waals surface area contributed by atoms with Gasteiger partial charge in [-0.2, -0.15) is 13.2 Å². The molecule has 0 aromatic heterocycles. The third-order valence-electron chi connectivity index (χ3n) is 3.35. The predicted octanol–water partition coefficient (Wildman–Crippen LogP) is 2.32. The van der Waals surface area contributed by atoms with Gasteiger partial charge in [0.1, 0.15) is 12.1 Å². The average molecular weight is 371 g/mol. The lowest BCUT2D eigenvalue weighted by Crippen LogP contribution is -2.31. The predicted molar refractivity (Wildman–Crippen MR) is 78.2 cm³/mol. The highest BCUT2D eigenvalue weighted by Gasteiger charge is 2.35. The molecule has 134 valence electrons. The largest absolute Gasteiger partial charge is 0.482 e. The summed E-state index contributed by atoms with van der Waals surface area (Å²) in [7, 11) is 1.22. The van der Waals surface area contributed by atoms with E-state index in [0.717, 1.165) is 6.07 Å². The fourth-order valence-electron chi connectivity index (χ4n) is 2.23. The summed E-state index contributed by atoms with van der Waals surface area (Å²) in [5.41, 5.74) is -1.91. The summed E-state index contributed by atoms with van der Waals surface area (Å²) < 4.78 is 47.8. The lowest BCUT2D eigenvalue weighted by Gasteiger charge is -2.14. The summed E-state index contributed by atoms with van der Waals surface area (Å²) in [5, 5.41) is 13.8. The monoisotopic (exact) mass is 370 g/mol. The van der Waals surface area contributed by atoms with E-state index in [9.17, 15) is 28.1 Å². The first-order valence-electron chi connectivity index (χ1n) is 6.56. The number of carbonyl (C=O) groups excluding carboxylic acids is 1. The standard InChI is InChI=1S/C13H13F3N2O5.ClH/c1-22-12(19)9-5-8(6-17-9)23-11-3-2-7(13(14,15)16)4-10(11)18(20)21;/h2-4,8-9,17H,5-6H2,1H3;1H/t8-,9-;/m0./s1. The van der Waals surface area contributed by atoms with Crippen molar-refractivity contribution in [3.63, 3.8) is 0 Å². The highest BCUT2D eigenvalue weighted by atomic mass is 35.5. The minimum atomic E-state index is -4.69. The van der Waals surface area contributed by atoms with Gasteiger partial charge in [0.25, 0.3) is 0 Å². The van der Waals surface area contributed by atoms with Crippen LogP contribution in [0.15, 0.2) is 18.2 Å². The van der Waals surface area contributed by atoms with Gasteiger partial charge in [-0.05, 0) is 12.1 Å². The number of carbonyl (C=O) groups is 1. The second-order valence-electron chi connectivity index (χ2n) is 4.90. The highest BCUT2D eigenvalue weighted by molar-refractivity contribution is 5.85. The first-order valence-corrected chi connectivity index (χ1v) is 6.56. The van der Waals surface area contributed by atoms with Crippen LogP contribution < -0.4 is 10.1 Å². The number of ether oxygens (including phenoxy) is 2. The molecule has 1 fully saturated rings. The van der Waals surface area contributed by atoms with Crippen LogP contribution in [0.4, 0.5) is 18.9 Å². The van der Waals surface area contributed by atoms with Gasteiger partial charge in [0.15, 0.2) is 5.75 Å². The second-order valence-corrected chi connectivity index (χ2v) is 4.90. The molecule has 0 unspecified atom stereocenters. The lowest BCUT2D eigenvalue weighted by molar-refractivity contribution is -0.386. The van der Waals surface area contributed by atoms with Crippen molar-refractivity contribution in [2.75, 3.05) is 13.7 Å². The molecule has 7 nitrogen and oxygen atoms in total.